The Labute approximate surface area is 209 Å². The molecule has 1 aliphatic rings. The van der Waals surface area contributed by atoms with Crippen molar-refractivity contribution in [1.82, 2.24) is 9.80 Å². The van der Waals surface area contributed by atoms with E-state index in [9.17, 15) is 4.79 Å². The van der Waals surface area contributed by atoms with Gasteiger partial charge < -0.3 is 23.8 Å². The molecule has 0 aliphatic carbocycles. The van der Waals surface area contributed by atoms with E-state index in [4.69, 9.17) is 18.9 Å². The molecule has 0 N–H and O–H groups in total. The molecule has 7 nitrogen and oxygen atoms in total. The molecule has 0 aromatic heterocycles. The van der Waals surface area contributed by atoms with Gasteiger partial charge in [0.2, 0.25) is 0 Å². The van der Waals surface area contributed by atoms with Crippen molar-refractivity contribution in [1.29, 1.82) is 0 Å². The van der Waals surface area contributed by atoms with Crippen LogP contribution in [0.2, 0.25) is 0 Å². The van der Waals surface area contributed by atoms with E-state index in [2.05, 4.69) is 37.8 Å². The second-order valence-corrected chi connectivity index (χ2v) is 9.14. The second-order valence-electron chi connectivity index (χ2n) is 9.14. The lowest BCUT2D eigenvalue weighted by Crippen LogP contribution is -2.49. The molecule has 1 aliphatic heterocycles. The number of hydrogen-bond acceptors (Lipinski definition) is 6. The number of rotatable bonds is 10. The maximum Gasteiger partial charge on any atom is 0.254 e. The first kappa shape index (κ1) is 26.8. The average molecular weight is 485 g/mol. The molecular weight excluding hydrogens is 444 g/mol. The zero-order valence-corrected chi connectivity index (χ0v) is 22.2. The summed E-state index contributed by atoms with van der Waals surface area (Å²) in [6.45, 7) is 9.45. The summed E-state index contributed by atoms with van der Waals surface area (Å²) in [5.41, 5.74) is 4.37. The molecule has 1 unspecified atom stereocenters. The number of methoxy groups -OCH3 is 4. The summed E-state index contributed by atoms with van der Waals surface area (Å²) in [5.74, 6) is 2.12. The maximum absolute atomic E-state index is 13.6. The third-order valence-corrected chi connectivity index (χ3v) is 7.33. The van der Waals surface area contributed by atoms with E-state index < -0.39 is 0 Å². The summed E-state index contributed by atoms with van der Waals surface area (Å²) < 4.78 is 21.6. The summed E-state index contributed by atoms with van der Waals surface area (Å²) in [5, 5.41) is 0. The highest BCUT2D eigenvalue weighted by Gasteiger charge is 2.31. The highest BCUT2D eigenvalue weighted by atomic mass is 16.5. The van der Waals surface area contributed by atoms with E-state index in [1.165, 1.54) is 16.7 Å². The van der Waals surface area contributed by atoms with Crippen LogP contribution in [-0.2, 0) is 4.74 Å². The van der Waals surface area contributed by atoms with Crippen LogP contribution in [0.1, 0.15) is 52.9 Å². The predicted molar refractivity (Wildman–Crippen MR) is 138 cm³/mol. The third kappa shape index (κ3) is 6.08. The largest absolute Gasteiger partial charge is 0.497 e. The van der Waals surface area contributed by atoms with Crippen molar-refractivity contribution in [2.45, 2.75) is 45.7 Å². The lowest BCUT2D eigenvalue weighted by molar-refractivity contribution is 0.0444. The minimum absolute atomic E-state index is 0.0210. The topological polar surface area (TPSA) is 60.5 Å². The Morgan fingerprint density at radius 2 is 1.60 bits per heavy atom. The first-order valence-corrected chi connectivity index (χ1v) is 12.3. The number of benzene rings is 2. The Balaban J connectivity index is 1.75. The van der Waals surface area contributed by atoms with Crippen molar-refractivity contribution in [3.05, 3.63) is 52.6 Å². The molecule has 35 heavy (non-hydrogen) atoms. The summed E-state index contributed by atoms with van der Waals surface area (Å²) >= 11 is 0. The fraction of sp³-hybridized carbons (Fsp3) is 0.536. The molecule has 1 fully saturated rings. The number of piperidine rings is 1. The highest BCUT2D eigenvalue weighted by Crippen LogP contribution is 2.33. The molecule has 192 valence electrons. The van der Waals surface area contributed by atoms with Gasteiger partial charge in [0.15, 0.2) is 0 Å². The van der Waals surface area contributed by atoms with E-state index in [0.717, 1.165) is 31.7 Å². The molecule has 2 aromatic carbocycles. The Morgan fingerprint density at radius 3 is 2.14 bits per heavy atom. The van der Waals surface area contributed by atoms with Gasteiger partial charge in [0.05, 0.1) is 27.9 Å². The van der Waals surface area contributed by atoms with Crippen LogP contribution in [0.15, 0.2) is 30.3 Å². The fourth-order valence-corrected chi connectivity index (χ4v) is 5.01. The fourth-order valence-electron chi connectivity index (χ4n) is 5.01. The zero-order chi connectivity index (χ0) is 25.5. The molecule has 1 amide bonds. The minimum atomic E-state index is -0.0210. The van der Waals surface area contributed by atoms with Crippen molar-refractivity contribution in [2.75, 3.05) is 54.7 Å². The molecule has 3 rings (SSSR count). The number of likely N-dealkylation sites (tertiary alicyclic amines) is 1. The van der Waals surface area contributed by atoms with Crippen LogP contribution in [-0.4, -0.2) is 76.4 Å². The van der Waals surface area contributed by atoms with Gasteiger partial charge in [-0.1, -0.05) is 6.07 Å². The number of carbonyl (C=O) groups is 1. The van der Waals surface area contributed by atoms with E-state index >= 15 is 0 Å². The van der Waals surface area contributed by atoms with Crippen LogP contribution in [0.4, 0.5) is 0 Å². The van der Waals surface area contributed by atoms with E-state index in [1.807, 2.05) is 4.90 Å². The smallest absolute Gasteiger partial charge is 0.254 e. The lowest BCUT2D eigenvalue weighted by Gasteiger charge is -2.41. The van der Waals surface area contributed by atoms with Gasteiger partial charge in [0.25, 0.3) is 5.91 Å². The van der Waals surface area contributed by atoms with E-state index in [1.54, 1.807) is 46.6 Å². The van der Waals surface area contributed by atoms with Crippen molar-refractivity contribution in [3.63, 3.8) is 0 Å². The number of nitrogens with zero attached hydrogens (tertiary/aromatic N) is 2. The Morgan fingerprint density at radius 1 is 0.971 bits per heavy atom. The molecule has 0 radical (unpaired) electrons. The molecule has 7 heteroatoms. The number of amides is 1. The Bertz CT molecular complexity index is 979. The van der Waals surface area contributed by atoms with Crippen LogP contribution in [0, 0.1) is 13.8 Å². The van der Waals surface area contributed by atoms with Crippen molar-refractivity contribution < 1.29 is 23.7 Å². The monoisotopic (exact) mass is 484 g/mol. The SMILES string of the molecule is COCCN(C(=O)c1cc(OC)cc(OC)c1)C1CCN(C(C)c2ccc(OC)c(C)c2C)CC1. The first-order chi connectivity index (χ1) is 16.8. The van der Waals surface area contributed by atoms with Gasteiger partial charge in [-0.25, -0.2) is 0 Å². The summed E-state index contributed by atoms with van der Waals surface area (Å²) in [4.78, 5) is 18.1. The number of carbonyl (C=O) groups excluding carboxylic acids is 1. The molecule has 0 bridgehead atoms. The zero-order valence-electron chi connectivity index (χ0n) is 22.2. The number of ether oxygens (including phenoxy) is 4. The normalized spacial score (nSPS) is 15.5. The van der Waals surface area contributed by atoms with Gasteiger partial charge in [0, 0.05) is 50.5 Å². The molecule has 0 saturated carbocycles. The van der Waals surface area contributed by atoms with E-state index in [-0.39, 0.29) is 11.9 Å². The Hall–Kier alpha value is -2.77. The van der Waals surface area contributed by atoms with Gasteiger partial charge in [-0.3, -0.25) is 9.69 Å². The van der Waals surface area contributed by atoms with E-state index in [0.29, 0.717) is 36.3 Å². The van der Waals surface area contributed by atoms with Crippen molar-refractivity contribution >= 4 is 5.91 Å². The van der Waals surface area contributed by atoms with Crippen LogP contribution >= 0.6 is 0 Å². The van der Waals surface area contributed by atoms with Gasteiger partial charge >= 0.3 is 0 Å². The van der Waals surface area contributed by atoms with Crippen molar-refractivity contribution in [2.24, 2.45) is 0 Å². The Kier molecular flexibility index (Phi) is 9.40. The summed E-state index contributed by atoms with van der Waals surface area (Å²) in [6, 6.07) is 10.0. The molecule has 1 heterocycles. The molecule has 0 spiro atoms. The molecule has 1 atom stereocenters. The maximum atomic E-state index is 13.6. The summed E-state index contributed by atoms with van der Waals surface area (Å²) in [7, 11) is 6.57. The number of hydrogen-bond donors (Lipinski definition) is 0. The van der Waals surface area contributed by atoms with Crippen molar-refractivity contribution in [3.8, 4) is 17.2 Å². The predicted octanol–water partition coefficient (Wildman–Crippen LogP) is 4.64. The van der Waals surface area contributed by atoms with Crippen LogP contribution in [0.25, 0.3) is 0 Å². The minimum Gasteiger partial charge on any atom is -0.497 e. The lowest BCUT2D eigenvalue weighted by atomic mass is 9.94. The standard InChI is InChI=1S/C28H40N2O5/c1-19-20(2)27(35-7)9-8-26(19)21(3)29-12-10-23(11-13-29)30(14-15-32-4)28(31)22-16-24(33-5)18-25(17-22)34-6/h8-9,16-18,21,23H,10-15H2,1-7H3. The second kappa shape index (κ2) is 12.3. The molecular formula is C28H40N2O5. The van der Waals surface area contributed by atoms with Gasteiger partial charge in [-0.2, -0.15) is 0 Å². The van der Waals surface area contributed by atoms with Crippen LogP contribution in [0.3, 0.4) is 0 Å². The molecule has 2 aromatic rings. The quantitative estimate of drug-likeness (QED) is 0.490. The molecule has 1 saturated heterocycles. The summed E-state index contributed by atoms with van der Waals surface area (Å²) in [6.07, 6.45) is 1.82. The van der Waals surface area contributed by atoms with Crippen LogP contribution < -0.4 is 14.2 Å². The highest BCUT2D eigenvalue weighted by molar-refractivity contribution is 5.95. The van der Waals surface area contributed by atoms with Gasteiger partial charge in [-0.15, -0.1) is 0 Å². The van der Waals surface area contributed by atoms with Gasteiger partial charge in [-0.05, 0) is 68.5 Å². The van der Waals surface area contributed by atoms with Crippen LogP contribution in [0.5, 0.6) is 17.2 Å². The third-order valence-electron chi connectivity index (χ3n) is 7.33. The average Bonchev–Trinajstić information content (AvgIpc) is 2.89. The van der Waals surface area contributed by atoms with Gasteiger partial charge in [0.1, 0.15) is 17.2 Å². The first-order valence-electron chi connectivity index (χ1n) is 12.3.